The van der Waals surface area contributed by atoms with Gasteiger partial charge in [0.15, 0.2) is 0 Å². The van der Waals surface area contributed by atoms with Crippen LogP contribution in [0.2, 0.25) is 0 Å². The molecular formula is C18H22ClFN2O2. The molecule has 0 aliphatic heterocycles. The Morgan fingerprint density at radius 3 is 2.08 bits per heavy atom. The summed E-state index contributed by atoms with van der Waals surface area (Å²) in [5, 5.41) is 2.81. The smallest absolute Gasteiger partial charge is 0.237 e. The molecule has 0 aromatic heterocycles. The first-order chi connectivity index (χ1) is 11.0. The highest BCUT2D eigenvalue weighted by Gasteiger charge is 2.16. The molecule has 0 fully saturated rings. The molecule has 24 heavy (non-hydrogen) atoms. The lowest BCUT2D eigenvalue weighted by atomic mass is 10.0. The normalized spacial score (nSPS) is 11.5. The molecule has 1 atom stereocenters. The molecule has 0 spiro atoms. The van der Waals surface area contributed by atoms with Crippen LogP contribution < -0.4 is 15.8 Å². The van der Waals surface area contributed by atoms with Gasteiger partial charge in [0, 0.05) is 6.54 Å². The van der Waals surface area contributed by atoms with Crippen molar-refractivity contribution < 1.29 is 13.9 Å². The molecule has 0 unspecified atom stereocenters. The van der Waals surface area contributed by atoms with Crippen molar-refractivity contribution in [2.45, 2.75) is 26.4 Å². The van der Waals surface area contributed by atoms with Gasteiger partial charge < -0.3 is 15.8 Å². The summed E-state index contributed by atoms with van der Waals surface area (Å²) in [6.07, 6.45) is 0. The number of nitrogens with one attached hydrogen (secondary N) is 1. The summed E-state index contributed by atoms with van der Waals surface area (Å²) in [4.78, 5) is 11.8. The van der Waals surface area contributed by atoms with Crippen molar-refractivity contribution >= 4 is 18.3 Å². The Balaban J connectivity index is 0.00000288. The van der Waals surface area contributed by atoms with Crippen LogP contribution >= 0.6 is 12.4 Å². The molecule has 2 aromatic carbocycles. The van der Waals surface area contributed by atoms with Crippen LogP contribution in [0, 0.1) is 11.7 Å². The Labute approximate surface area is 147 Å². The number of hydrogen-bond donors (Lipinski definition) is 2. The molecule has 1 amide bonds. The minimum atomic E-state index is -0.504. The topological polar surface area (TPSA) is 64.4 Å². The third-order valence-corrected chi connectivity index (χ3v) is 3.46. The van der Waals surface area contributed by atoms with Crippen LogP contribution in [-0.4, -0.2) is 11.9 Å². The third-order valence-electron chi connectivity index (χ3n) is 3.46. The van der Waals surface area contributed by atoms with E-state index in [2.05, 4.69) is 5.32 Å². The van der Waals surface area contributed by atoms with Gasteiger partial charge in [0.25, 0.3) is 0 Å². The van der Waals surface area contributed by atoms with Gasteiger partial charge in [-0.15, -0.1) is 12.4 Å². The van der Waals surface area contributed by atoms with E-state index in [0.717, 1.165) is 5.56 Å². The lowest BCUT2D eigenvalue weighted by Crippen LogP contribution is -2.43. The predicted octanol–water partition coefficient (Wildman–Crippen LogP) is 3.64. The highest BCUT2D eigenvalue weighted by atomic mass is 35.5. The third kappa shape index (κ3) is 5.83. The number of halogens is 2. The number of amides is 1. The second kappa shape index (κ2) is 9.25. The van der Waals surface area contributed by atoms with Crippen LogP contribution in [0.5, 0.6) is 11.5 Å². The summed E-state index contributed by atoms with van der Waals surface area (Å²) in [5.41, 5.74) is 6.73. The van der Waals surface area contributed by atoms with Gasteiger partial charge in [-0.1, -0.05) is 26.0 Å². The van der Waals surface area contributed by atoms with Crippen LogP contribution in [0.3, 0.4) is 0 Å². The zero-order chi connectivity index (χ0) is 16.8. The van der Waals surface area contributed by atoms with E-state index in [9.17, 15) is 9.18 Å². The van der Waals surface area contributed by atoms with Gasteiger partial charge in [0.2, 0.25) is 5.91 Å². The fourth-order valence-electron chi connectivity index (χ4n) is 1.92. The van der Waals surface area contributed by atoms with Crippen molar-refractivity contribution in [3.63, 3.8) is 0 Å². The van der Waals surface area contributed by atoms with Gasteiger partial charge in [0.05, 0.1) is 6.04 Å². The molecule has 0 saturated carbocycles. The fraction of sp³-hybridized carbons (Fsp3) is 0.278. The van der Waals surface area contributed by atoms with E-state index < -0.39 is 6.04 Å². The monoisotopic (exact) mass is 352 g/mol. The first-order valence-corrected chi connectivity index (χ1v) is 7.51. The minimum Gasteiger partial charge on any atom is -0.457 e. The summed E-state index contributed by atoms with van der Waals surface area (Å²) in [5.74, 6) is 0.845. The number of carbonyl (C=O) groups is 1. The molecule has 3 N–H and O–H groups in total. The molecule has 2 aromatic rings. The molecule has 130 valence electrons. The maximum atomic E-state index is 12.8. The zero-order valence-corrected chi connectivity index (χ0v) is 14.5. The van der Waals surface area contributed by atoms with E-state index in [4.69, 9.17) is 10.5 Å². The molecule has 0 saturated heterocycles. The summed E-state index contributed by atoms with van der Waals surface area (Å²) >= 11 is 0. The molecule has 0 bridgehead atoms. The van der Waals surface area contributed by atoms with Crippen molar-refractivity contribution in [3.8, 4) is 11.5 Å². The number of benzene rings is 2. The second-order valence-electron chi connectivity index (χ2n) is 5.69. The van der Waals surface area contributed by atoms with Crippen LogP contribution in [0.1, 0.15) is 19.4 Å². The second-order valence-corrected chi connectivity index (χ2v) is 5.69. The highest BCUT2D eigenvalue weighted by Crippen LogP contribution is 2.21. The highest BCUT2D eigenvalue weighted by molar-refractivity contribution is 5.85. The number of ether oxygens (including phenoxy) is 1. The lowest BCUT2D eigenvalue weighted by Gasteiger charge is -2.15. The van der Waals surface area contributed by atoms with Crippen molar-refractivity contribution in [2.24, 2.45) is 11.7 Å². The van der Waals surface area contributed by atoms with E-state index >= 15 is 0 Å². The lowest BCUT2D eigenvalue weighted by molar-refractivity contribution is -0.123. The molecule has 0 radical (unpaired) electrons. The van der Waals surface area contributed by atoms with Gasteiger partial charge in [-0.2, -0.15) is 0 Å². The Hall–Kier alpha value is -2.11. The van der Waals surface area contributed by atoms with E-state index in [1.165, 1.54) is 12.1 Å². The van der Waals surface area contributed by atoms with Gasteiger partial charge in [-0.25, -0.2) is 4.39 Å². The summed E-state index contributed by atoms with van der Waals surface area (Å²) < 4.78 is 18.4. The largest absolute Gasteiger partial charge is 0.457 e. The van der Waals surface area contributed by atoms with Crippen molar-refractivity contribution in [3.05, 3.63) is 59.9 Å². The van der Waals surface area contributed by atoms with E-state index in [0.29, 0.717) is 18.0 Å². The van der Waals surface area contributed by atoms with Crippen molar-refractivity contribution in [1.29, 1.82) is 0 Å². The Morgan fingerprint density at radius 1 is 1.08 bits per heavy atom. The van der Waals surface area contributed by atoms with Crippen LogP contribution in [0.4, 0.5) is 4.39 Å². The van der Waals surface area contributed by atoms with E-state index in [1.807, 2.05) is 26.0 Å². The first kappa shape index (κ1) is 19.9. The Kier molecular flexibility index (Phi) is 7.68. The van der Waals surface area contributed by atoms with E-state index in [1.54, 1.807) is 24.3 Å². The maximum Gasteiger partial charge on any atom is 0.237 e. The summed E-state index contributed by atoms with van der Waals surface area (Å²) in [6.45, 7) is 4.23. The number of rotatable bonds is 6. The van der Waals surface area contributed by atoms with Crippen LogP contribution in [-0.2, 0) is 11.3 Å². The number of carbonyl (C=O) groups excluding carboxylic acids is 1. The Morgan fingerprint density at radius 2 is 1.58 bits per heavy atom. The zero-order valence-electron chi connectivity index (χ0n) is 13.7. The quantitative estimate of drug-likeness (QED) is 0.834. The average molecular weight is 353 g/mol. The number of nitrogens with two attached hydrogens (primary N) is 1. The molecule has 0 heterocycles. The average Bonchev–Trinajstić information content (AvgIpc) is 2.55. The van der Waals surface area contributed by atoms with Crippen LogP contribution in [0.15, 0.2) is 48.5 Å². The van der Waals surface area contributed by atoms with Gasteiger partial charge in [0.1, 0.15) is 17.3 Å². The van der Waals surface area contributed by atoms with Crippen molar-refractivity contribution in [1.82, 2.24) is 5.32 Å². The molecule has 0 aliphatic rings. The summed E-state index contributed by atoms with van der Waals surface area (Å²) in [7, 11) is 0. The maximum absolute atomic E-state index is 12.8. The van der Waals surface area contributed by atoms with Crippen LogP contribution in [0.25, 0.3) is 0 Å². The first-order valence-electron chi connectivity index (χ1n) is 7.51. The van der Waals surface area contributed by atoms with E-state index in [-0.39, 0.29) is 30.0 Å². The van der Waals surface area contributed by atoms with Gasteiger partial charge in [-0.3, -0.25) is 4.79 Å². The predicted molar refractivity (Wildman–Crippen MR) is 94.8 cm³/mol. The fourth-order valence-corrected chi connectivity index (χ4v) is 1.92. The molecule has 0 aliphatic carbocycles. The number of hydrogen-bond acceptors (Lipinski definition) is 3. The summed E-state index contributed by atoms with van der Waals surface area (Å²) in [6, 6.07) is 12.6. The SMILES string of the molecule is CC(C)[C@@H](N)C(=O)NCc1ccc(Oc2ccc(F)cc2)cc1.Cl. The molecular weight excluding hydrogens is 331 g/mol. The molecule has 4 nitrogen and oxygen atoms in total. The van der Waals surface area contributed by atoms with Crippen molar-refractivity contribution in [2.75, 3.05) is 0 Å². The molecule has 6 heteroatoms. The van der Waals surface area contributed by atoms with Gasteiger partial charge in [-0.05, 0) is 47.9 Å². The minimum absolute atomic E-state index is 0. The molecule has 2 rings (SSSR count). The standard InChI is InChI=1S/C18H21FN2O2.ClH/c1-12(2)17(20)18(22)21-11-13-3-7-15(8-4-13)23-16-9-5-14(19)6-10-16;/h3-10,12,17H,11,20H2,1-2H3,(H,21,22);1H/t17-;/m1./s1. The van der Waals surface area contributed by atoms with Gasteiger partial charge >= 0.3 is 0 Å². The Bertz CT molecular complexity index is 645.